The number of fused-ring (bicyclic) bond motifs is 3. The number of nitrogens with one attached hydrogen (secondary N) is 3. The highest BCUT2D eigenvalue weighted by Crippen LogP contribution is 2.44. The number of aromatic nitrogens is 2. The van der Waals surface area contributed by atoms with Crippen LogP contribution in [0.4, 0.5) is 4.79 Å². The van der Waals surface area contributed by atoms with Crippen molar-refractivity contribution in [1.82, 2.24) is 20.6 Å². The van der Waals surface area contributed by atoms with Gasteiger partial charge in [-0.05, 0) is 35.6 Å². The van der Waals surface area contributed by atoms with E-state index in [-0.39, 0.29) is 31.4 Å². The molecule has 4 N–H and O–H groups in total. The summed E-state index contributed by atoms with van der Waals surface area (Å²) < 4.78 is 5.53. The van der Waals surface area contributed by atoms with Crippen LogP contribution in [0.15, 0.2) is 61.1 Å². The van der Waals surface area contributed by atoms with Gasteiger partial charge in [0.15, 0.2) is 0 Å². The Morgan fingerprint density at radius 1 is 1.06 bits per heavy atom. The number of alkyl carbamates (subject to hydrolysis) is 1. The highest BCUT2D eigenvalue weighted by Gasteiger charge is 2.29. The number of carbonyl (C=O) groups is 3. The molecule has 35 heavy (non-hydrogen) atoms. The first kappa shape index (κ1) is 24.0. The molecule has 0 radical (unpaired) electrons. The fourth-order valence-corrected chi connectivity index (χ4v) is 4.34. The summed E-state index contributed by atoms with van der Waals surface area (Å²) in [5.41, 5.74) is 5.19. The van der Waals surface area contributed by atoms with E-state index in [4.69, 9.17) is 4.74 Å². The average molecular weight is 477 g/mol. The van der Waals surface area contributed by atoms with Crippen molar-refractivity contribution in [2.75, 3.05) is 6.61 Å². The molecular weight excluding hydrogens is 448 g/mol. The summed E-state index contributed by atoms with van der Waals surface area (Å²) in [5, 5.41) is 14.6. The molecule has 1 aliphatic carbocycles. The van der Waals surface area contributed by atoms with Crippen molar-refractivity contribution in [2.45, 2.75) is 44.2 Å². The van der Waals surface area contributed by atoms with Crippen LogP contribution in [-0.2, 0) is 20.7 Å². The molecule has 3 aromatic rings. The van der Waals surface area contributed by atoms with Gasteiger partial charge < -0.3 is 25.5 Å². The Bertz CT molecular complexity index is 1150. The summed E-state index contributed by atoms with van der Waals surface area (Å²) in [4.78, 5) is 42.8. The van der Waals surface area contributed by atoms with E-state index in [2.05, 4.69) is 44.9 Å². The van der Waals surface area contributed by atoms with E-state index >= 15 is 0 Å². The van der Waals surface area contributed by atoms with Crippen LogP contribution in [0.1, 0.15) is 42.5 Å². The number of H-pyrrole nitrogens is 1. The van der Waals surface area contributed by atoms with Crippen molar-refractivity contribution in [3.05, 3.63) is 77.9 Å². The Hall–Kier alpha value is -4.14. The molecule has 1 aromatic heterocycles. The van der Waals surface area contributed by atoms with Crippen molar-refractivity contribution in [3.63, 3.8) is 0 Å². The molecule has 0 bridgehead atoms. The lowest BCUT2D eigenvalue weighted by Crippen LogP contribution is -2.43. The number of aliphatic carboxylic acids is 1. The first-order valence-electron chi connectivity index (χ1n) is 11.5. The fraction of sp³-hybridized carbons (Fsp3) is 0.308. The topological polar surface area (TPSA) is 133 Å². The molecule has 4 rings (SSSR count). The van der Waals surface area contributed by atoms with Crippen molar-refractivity contribution < 1.29 is 24.2 Å². The first-order valence-corrected chi connectivity index (χ1v) is 11.5. The van der Waals surface area contributed by atoms with Crippen molar-refractivity contribution >= 4 is 18.0 Å². The number of amides is 2. The van der Waals surface area contributed by atoms with Crippen LogP contribution < -0.4 is 10.6 Å². The van der Waals surface area contributed by atoms with Gasteiger partial charge in [-0.15, -0.1) is 0 Å². The van der Waals surface area contributed by atoms with E-state index in [0.717, 1.165) is 22.3 Å². The van der Waals surface area contributed by atoms with Crippen LogP contribution in [0.25, 0.3) is 11.1 Å². The largest absolute Gasteiger partial charge is 0.480 e. The van der Waals surface area contributed by atoms with Crippen LogP contribution in [-0.4, -0.2) is 51.7 Å². The van der Waals surface area contributed by atoms with Gasteiger partial charge in [-0.2, -0.15) is 0 Å². The van der Waals surface area contributed by atoms with Gasteiger partial charge in [-0.3, -0.25) is 4.79 Å². The molecule has 1 unspecified atom stereocenters. The zero-order chi connectivity index (χ0) is 24.8. The average Bonchev–Trinajstić information content (AvgIpc) is 3.47. The smallest absolute Gasteiger partial charge is 0.407 e. The molecule has 0 spiro atoms. The molecule has 0 fully saturated rings. The number of imidazole rings is 1. The third kappa shape index (κ3) is 5.87. The zero-order valence-corrected chi connectivity index (χ0v) is 19.4. The van der Waals surface area contributed by atoms with Gasteiger partial charge in [0.05, 0.1) is 6.33 Å². The quantitative estimate of drug-likeness (QED) is 0.355. The molecule has 9 nitrogen and oxygen atoms in total. The Morgan fingerprint density at radius 2 is 1.71 bits per heavy atom. The molecule has 9 heteroatoms. The van der Waals surface area contributed by atoms with Crippen LogP contribution in [0.3, 0.4) is 0 Å². The van der Waals surface area contributed by atoms with E-state index in [1.165, 1.54) is 12.5 Å². The number of hydrogen-bond donors (Lipinski definition) is 4. The predicted molar refractivity (Wildman–Crippen MR) is 129 cm³/mol. The number of carbonyl (C=O) groups excluding carboxylic acids is 2. The number of aromatic amines is 1. The minimum atomic E-state index is -1.13. The number of rotatable bonds is 10. The van der Waals surface area contributed by atoms with Crippen molar-refractivity contribution in [1.29, 1.82) is 0 Å². The number of carboxylic acids is 1. The maximum atomic E-state index is 12.4. The summed E-state index contributed by atoms with van der Waals surface area (Å²) in [5.74, 6) is -1.56. The lowest BCUT2D eigenvalue weighted by Gasteiger charge is -2.18. The van der Waals surface area contributed by atoms with Crippen LogP contribution in [0.2, 0.25) is 0 Å². The highest BCUT2D eigenvalue weighted by molar-refractivity contribution is 5.83. The third-order valence-electron chi connectivity index (χ3n) is 6.12. The van der Waals surface area contributed by atoms with Crippen molar-refractivity contribution in [2.24, 2.45) is 0 Å². The number of ether oxygens (including phenoxy) is 1. The van der Waals surface area contributed by atoms with E-state index in [1.54, 1.807) is 6.92 Å². The van der Waals surface area contributed by atoms with E-state index in [0.29, 0.717) is 12.1 Å². The zero-order valence-electron chi connectivity index (χ0n) is 19.4. The van der Waals surface area contributed by atoms with E-state index in [1.807, 2.05) is 24.3 Å². The molecule has 0 saturated heterocycles. The molecule has 2 aromatic carbocycles. The monoisotopic (exact) mass is 476 g/mol. The van der Waals surface area contributed by atoms with Crippen LogP contribution in [0.5, 0.6) is 0 Å². The lowest BCUT2D eigenvalue weighted by molar-refractivity contribution is -0.141. The first-order chi connectivity index (χ1) is 16.9. The van der Waals surface area contributed by atoms with E-state index in [9.17, 15) is 19.5 Å². The summed E-state index contributed by atoms with van der Waals surface area (Å²) in [6.07, 6.45) is 2.93. The minimum Gasteiger partial charge on any atom is -0.480 e. The molecule has 2 atom stereocenters. The fourth-order valence-electron chi connectivity index (χ4n) is 4.34. The third-order valence-corrected chi connectivity index (χ3v) is 6.12. The van der Waals surface area contributed by atoms with Gasteiger partial charge >= 0.3 is 12.1 Å². The summed E-state index contributed by atoms with van der Waals surface area (Å²) in [7, 11) is 0. The predicted octanol–water partition coefficient (Wildman–Crippen LogP) is 3.23. The second-order valence-corrected chi connectivity index (χ2v) is 8.65. The Kier molecular flexibility index (Phi) is 7.45. The summed E-state index contributed by atoms with van der Waals surface area (Å²) in [6.45, 7) is 1.98. The van der Waals surface area contributed by atoms with Crippen LogP contribution >= 0.6 is 0 Å². The van der Waals surface area contributed by atoms with Gasteiger partial charge in [-0.1, -0.05) is 48.5 Å². The molecule has 2 amide bonds. The van der Waals surface area contributed by atoms with Crippen molar-refractivity contribution in [3.8, 4) is 11.1 Å². The van der Waals surface area contributed by atoms with Gasteiger partial charge in [0.2, 0.25) is 5.91 Å². The number of carboxylic acid groups (broad SMARTS) is 1. The molecule has 0 saturated carbocycles. The molecule has 182 valence electrons. The maximum Gasteiger partial charge on any atom is 0.407 e. The van der Waals surface area contributed by atoms with Gasteiger partial charge in [0.1, 0.15) is 12.6 Å². The number of hydrogen-bond acceptors (Lipinski definition) is 5. The van der Waals surface area contributed by atoms with E-state index < -0.39 is 24.0 Å². The Morgan fingerprint density at radius 3 is 2.31 bits per heavy atom. The lowest BCUT2D eigenvalue weighted by atomic mass is 9.98. The highest BCUT2D eigenvalue weighted by atomic mass is 16.5. The number of nitrogens with zero attached hydrogens (tertiary/aromatic N) is 1. The second-order valence-electron chi connectivity index (χ2n) is 8.65. The van der Waals surface area contributed by atoms with Gasteiger partial charge in [-0.25, -0.2) is 14.6 Å². The Balaban J connectivity index is 1.23. The summed E-state index contributed by atoms with van der Waals surface area (Å²) >= 11 is 0. The normalized spacial score (nSPS) is 13.9. The standard InChI is InChI=1S/C26H28N4O5/c1-16(10-11-24(31)30-23(25(32)33)12-17-13-27-15-28-17)29-26(34)35-14-22-20-8-4-2-6-18(20)19-7-3-5-9-21(19)22/h2-9,13,15-16,22-23H,10-12,14H2,1H3,(H,27,28)(H,29,34)(H,30,31)(H,32,33)/t16?,23-/m1/s1. The molecule has 1 heterocycles. The Labute approximate surface area is 202 Å². The molecule has 1 aliphatic rings. The van der Waals surface area contributed by atoms with Gasteiger partial charge in [0.25, 0.3) is 0 Å². The molecule has 0 aliphatic heterocycles. The van der Waals surface area contributed by atoms with Crippen LogP contribution in [0, 0.1) is 0 Å². The SMILES string of the molecule is CC(CCC(=O)N[C@H](Cc1cnc[nH]1)C(=O)O)NC(=O)OCC1c2ccccc2-c2ccccc21. The second kappa shape index (κ2) is 10.9. The number of benzene rings is 2. The maximum absolute atomic E-state index is 12.4. The summed E-state index contributed by atoms with van der Waals surface area (Å²) in [6, 6.07) is 14.8. The minimum absolute atomic E-state index is 0.0305. The molecular formula is C26H28N4O5. The van der Waals surface area contributed by atoms with Gasteiger partial charge in [0, 0.05) is 36.7 Å².